The summed E-state index contributed by atoms with van der Waals surface area (Å²) in [5, 5.41) is 0. The fourth-order valence-electron chi connectivity index (χ4n) is 4.21. The molecule has 2 fully saturated rings. The number of benzene rings is 1. The molecule has 2 nitrogen and oxygen atoms in total. The van der Waals surface area contributed by atoms with Crippen molar-refractivity contribution in [1.29, 1.82) is 0 Å². The quantitative estimate of drug-likeness (QED) is 0.631. The average molecular weight is 244 g/mol. The van der Waals surface area contributed by atoms with Gasteiger partial charge in [-0.3, -0.25) is 11.3 Å². The largest absolute Gasteiger partial charge is 0.271 e. The van der Waals surface area contributed by atoms with Crippen LogP contribution in [0.4, 0.5) is 0 Å². The van der Waals surface area contributed by atoms with Crippen LogP contribution in [-0.4, -0.2) is 6.04 Å². The second-order valence-corrected chi connectivity index (χ2v) is 6.31. The molecular formula is C16H24N2. The third-order valence-electron chi connectivity index (χ3n) is 5.06. The van der Waals surface area contributed by atoms with Gasteiger partial charge in [0.05, 0.1) is 0 Å². The SMILES string of the molecule is Cc1cccc(CC(NN)C2CC3CCC2C3)c1. The smallest absolute Gasteiger partial charge is 0.0281 e. The molecular weight excluding hydrogens is 220 g/mol. The Morgan fingerprint density at radius 1 is 1.33 bits per heavy atom. The van der Waals surface area contributed by atoms with Crippen LogP contribution in [0.25, 0.3) is 0 Å². The summed E-state index contributed by atoms with van der Waals surface area (Å²) in [6.45, 7) is 2.16. The van der Waals surface area contributed by atoms with Gasteiger partial charge in [0, 0.05) is 6.04 Å². The van der Waals surface area contributed by atoms with Gasteiger partial charge >= 0.3 is 0 Å². The molecule has 2 bridgehead atoms. The zero-order chi connectivity index (χ0) is 12.5. The van der Waals surface area contributed by atoms with Crippen molar-refractivity contribution in [3.8, 4) is 0 Å². The Bertz CT molecular complexity index is 415. The first kappa shape index (κ1) is 12.2. The van der Waals surface area contributed by atoms with E-state index in [2.05, 4.69) is 36.6 Å². The van der Waals surface area contributed by atoms with Gasteiger partial charge in [-0.15, -0.1) is 0 Å². The molecule has 4 unspecified atom stereocenters. The van der Waals surface area contributed by atoms with Gasteiger partial charge in [-0.25, -0.2) is 0 Å². The highest BCUT2D eigenvalue weighted by Gasteiger charge is 2.42. The Hall–Kier alpha value is -0.860. The van der Waals surface area contributed by atoms with Crippen LogP contribution in [0.2, 0.25) is 0 Å². The van der Waals surface area contributed by atoms with E-state index in [1.54, 1.807) is 0 Å². The first-order chi connectivity index (χ1) is 8.76. The van der Waals surface area contributed by atoms with Gasteiger partial charge in [0.25, 0.3) is 0 Å². The van der Waals surface area contributed by atoms with Crippen LogP contribution in [0.15, 0.2) is 24.3 Å². The van der Waals surface area contributed by atoms with E-state index >= 15 is 0 Å². The third-order valence-corrected chi connectivity index (χ3v) is 5.06. The standard InChI is InChI=1S/C16H24N2/c1-11-3-2-4-12(7-11)10-16(18-17)15-9-13-5-6-14(15)8-13/h2-4,7,13-16,18H,5-6,8-10,17H2,1H3. The fourth-order valence-corrected chi connectivity index (χ4v) is 4.21. The van der Waals surface area contributed by atoms with E-state index < -0.39 is 0 Å². The number of rotatable bonds is 4. The summed E-state index contributed by atoms with van der Waals surface area (Å²) in [5.74, 6) is 8.55. The topological polar surface area (TPSA) is 38.0 Å². The molecule has 3 rings (SSSR count). The highest BCUT2D eigenvalue weighted by atomic mass is 15.2. The summed E-state index contributed by atoms with van der Waals surface area (Å²) < 4.78 is 0. The minimum atomic E-state index is 0.460. The van der Waals surface area contributed by atoms with Crippen LogP contribution in [0, 0.1) is 24.7 Å². The molecule has 0 heterocycles. The van der Waals surface area contributed by atoms with Crippen molar-refractivity contribution in [2.45, 2.75) is 45.1 Å². The van der Waals surface area contributed by atoms with Crippen molar-refractivity contribution < 1.29 is 0 Å². The summed E-state index contributed by atoms with van der Waals surface area (Å²) in [7, 11) is 0. The lowest BCUT2D eigenvalue weighted by atomic mass is 9.81. The zero-order valence-corrected chi connectivity index (χ0v) is 11.2. The van der Waals surface area contributed by atoms with Crippen LogP contribution in [0.5, 0.6) is 0 Å². The van der Waals surface area contributed by atoms with Crippen molar-refractivity contribution in [1.82, 2.24) is 5.43 Å². The first-order valence-electron chi connectivity index (χ1n) is 7.28. The van der Waals surface area contributed by atoms with Gasteiger partial charge in [0.2, 0.25) is 0 Å². The molecule has 0 radical (unpaired) electrons. The molecule has 2 aliphatic rings. The Morgan fingerprint density at radius 2 is 2.22 bits per heavy atom. The molecule has 2 heteroatoms. The van der Waals surface area contributed by atoms with Crippen LogP contribution in [0.3, 0.4) is 0 Å². The van der Waals surface area contributed by atoms with Crippen LogP contribution in [0.1, 0.15) is 36.8 Å². The van der Waals surface area contributed by atoms with E-state index in [1.807, 2.05) is 0 Å². The summed E-state index contributed by atoms with van der Waals surface area (Å²) in [5.41, 5.74) is 5.86. The fraction of sp³-hybridized carbons (Fsp3) is 0.625. The Kier molecular flexibility index (Phi) is 3.40. The van der Waals surface area contributed by atoms with E-state index in [4.69, 9.17) is 5.84 Å². The normalized spacial score (nSPS) is 31.8. The highest BCUT2D eigenvalue weighted by Crippen LogP contribution is 2.49. The number of hydrogen-bond donors (Lipinski definition) is 2. The molecule has 18 heavy (non-hydrogen) atoms. The van der Waals surface area contributed by atoms with Crippen LogP contribution < -0.4 is 11.3 Å². The van der Waals surface area contributed by atoms with Crippen molar-refractivity contribution >= 4 is 0 Å². The lowest BCUT2D eigenvalue weighted by Gasteiger charge is -2.30. The maximum Gasteiger partial charge on any atom is 0.0281 e. The monoisotopic (exact) mass is 244 g/mol. The van der Waals surface area contributed by atoms with Gasteiger partial charge in [-0.05, 0) is 55.9 Å². The summed E-state index contributed by atoms with van der Waals surface area (Å²) in [4.78, 5) is 0. The molecule has 0 aromatic heterocycles. The van der Waals surface area contributed by atoms with E-state index in [9.17, 15) is 0 Å². The minimum absolute atomic E-state index is 0.460. The third kappa shape index (κ3) is 2.32. The molecule has 4 atom stereocenters. The summed E-state index contributed by atoms with van der Waals surface area (Å²) in [6, 6.07) is 9.29. The van der Waals surface area contributed by atoms with Gasteiger partial charge in [-0.1, -0.05) is 36.2 Å². The highest BCUT2D eigenvalue weighted by molar-refractivity contribution is 5.23. The first-order valence-corrected chi connectivity index (χ1v) is 7.28. The van der Waals surface area contributed by atoms with E-state index in [-0.39, 0.29) is 0 Å². The van der Waals surface area contributed by atoms with E-state index in [1.165, 1.54) is 36.8 Å². The molecule has 1 aromatic carbocycles. The Labute approximate surface area is 110 Å². The van der Waals surface area contributed by atoms with Crippen molar-refractivity contribution in [3.05, 3.63) is 35.4 Å². The molecule has 0 spiro atoms. The number of nitrogens with two attached hydrogens (primary N) is 1. The van der Waals surface area contributed by atoms with Crippen molar-refractivity contribution in [3.63, 3.8) is 0 Å². The lowest BCUT2D eigenvalue weighted by Crippen LogP contribution is -2.44. The molecule has 0 amide bonds. The van der Waals surface area contributed by atoms with Crippen LogP contribution >= 0.6 is 0 Å². The molecule has 98 valence electrons. The maximum absolute atomic E-state index is 5.82. The van der Waals surface area contributed by atoms with Crippen molar-refractivity contribution in [2.75, 3.05) is 0 Å². The van der Waals surface area contributed by atoms with E-state index in [0.717, 1.165) is 24.2 Å². The second-order valence-electron chi connectivity index (χ2n) is 6.31. The number of hydrogen-bond acceptors (Lipinski definition) is 2. The lowest BCUT2D eigenvalue weighted by molar-refractivity contribution is 0.248. The summed E-state index contributed by atoms with van der Waals surface area (Å²) >= 11 is 0. The molecule has 1 aromatic rings. The van der Waals surface area contributed by atoms with Gasteiger partial charge in [0.15, 0.2) is 0 Å². The Balaban J connectivity index is 1.69. The average Bonchev–Trinajstić information content (AvgIpc) is 2.98. The second kappa shape index (κ2) is 5.02. The number of nitrogens with one attached hydrogen (secondary N) is 1. The van der Waals surface area contributed by atoms with Gasteiger partial charge in [-0.2, -0.15) is 0 Å². The predicted octanol–water partition coefficient (Wildman–Crippen LogP) is 2.81. The van der Waals surface area contributed by atoms with Crippen molar-refractivity contribution in [2.24, 2.45) is 23.6 Å². The molecule has 3 N–H and O–H groups in total. The zero-order valence-electron chi connectivity index (χ0n) is 11.2. The Morgan fingerprint density at radius 3 is 2.83 bits per heavy atom. The molecule has 2 saturated carbocycles. The van der Waals surface area contributed by atoms with Crippen LogP contribution in [-0.2, 0) is 6.42 Å². The summed E-state index contributed by atoms with van der Waals surface area (Å²) in [6.07, 6.45) is 6.82. The van der Waals surface area contributed by atoms with Gasteiger partial charge < -0.3 is 0 Å². The number of fused-ring (bicyclic) bond motifs is 2. The molecule has 0 saturated heterocycles. The number of aryl methyl sites for hydroxylation is 1. The van der Waals surface area contributed by atoms with E-state index in [0.29, 0.717) is 6.04 Å². The van der Waals surface area contributed by atoms with Gasteiger partial charge in [0.1, 0.15) is 0 Å². The molecule has 0 aliphatic heterocycles. The molecule has 2 aliphatic carbocycles. The minimum Gasteiger partial charge on any atom is -0.271 e. The predicted molar refractivity (Wildman–Crippen MR) is 74.9 cm³/mol. The maximum atomic E-state index is 5.82. The number of hydrazine groups is 1.